The van der Waals surface area contributed by atoms with Gasteiger partial charge in [0.1, 0.15) is 0 Å². The normalized spacial score (nSPS) is 17.5. The Hall–Kier alpha value is -0.580. The summed E-state index contributed by atoms with van der Waals surface area (Å²) in [5.41, 5.74) is 5.36. The molecule has 0 aromatic heterocycles. The van der Waals surface area contributed by atoms with Crippen molar-refractivity contribution in [2.45, 2.75) is 12.2 Å². The molecular weight excluding hydrogens is 162 g/mol. The van der Waals surface area contributed by atoms with E-state index in [-0.39, 0.29) is 5.25 Å². The standard InChI is InChI=1S/C6H15N3OS/c1-5(11(3)10)4-9-6(7)8-2/h5H,4H2,1-3H3,(H3,7,8,9). The number of rotatable bonds is 3. The van der Waals surface area contributed by atoms with Crippen molar-refractivity contribution in [3.05, 3.63) is 0 Å². The Morgan fingerprint density at radius 1 is 1.82 bits per heavy atom. The molecule has 5 heteroatoms. The first kappa shape index (κ1) is 10.4. The second-order valence-electron chi connectivity index (χ2n) is 2.30. The molecule has 0 saturated heterocycles. The second-order valence-corrected chi connectivity index (χ2v) is 4.10. The van der Waals surface area contributed by atoms with Crippen molar-refractivity contribution in [2.75, 3.05) is 19.8 Å². The summed E-state index contributed by atoms with van der Waals surface area (Å²) < 4.78 is 10.8. The molecule has 11 heavy (non-hydrogen) atoms. The number of hydrogen-bond donors (Lipinski definition) is 2. The van der Waals surface area contributed by atoms with Crippen molar-refractivity contribution >= 4 is 16.8 Å². The summed E-state index contributed by atoms with van der Waals surface area (Å²) in [5.74, 6) is 0.391. The molecule has 2 atom stereocenters. The van der Waals surface area contributed by atoms with Crippen molar-refractivity contribution < 1.29 is 4.21 Å². The van der Waals surface area contributed by atoms with Gasteiger partial charge < -0.3 is 11.1 Å². The van der Waals surface area contributed by atoms with Crippen LogP contribution in [0.2, 0.25) is 0 Å². The quantitative estimate of drug-likeness (QED) is 0.442. The minimum absolute atomic E-state index is 0.107. The van der Waals surface area contributed by atoms with Crippen LogP contribution in [0.25, 0.3) is 0 Å². The third kappa shape index (κ3) is 4.78. The van der Waals surface area contributed by atoms with Gasteiger partial charge in [-0.3, -0.25) is 9.20 Å². The second kappa shape index (κ2) is 5.12. The van der Waals surface area contributed by atoms with Gasteiger partial charge in [-0.15, -0.1) is 0 Å². The molecule has 0 saturated carbocycles. The van der Waals surface area contributed by atoms with Gasteiger partial charge in [0, 0.05) is 35.9 Å². The lowest BCUT2D eigenvalue weighted by Crippen LogP contribution is -2.37. The molecule has 0 fully saturated rings. The van der Waals surface area contributed by atoms with E-state index in [2.05, 4.69) is 10.3 Å². The Morgan fingerprint density at radius 3 is 2.73 bits per heavy atom. The Bertz CT molecular complexity index is 169. The van der Waals surface area contributed by atoms with Crippen LogP contribution in [0.5, 0.6) is 0 Å². The maximum absolute atomic E-state index is 10.8. The third-order valence-corrected chi connectivity index (χ3v) is 2.68. The van der Waals surface area contributed by atoms with Crippen LogP contribution >= 0.6 is 0 Å². The smallest absolute Gasteiger partial charge is 0.188 e. The monoisotopic (exact) mass is 177 g/mol. The summed E-state index contributed by atoms with van der Waals surface area (Å²) >= 11 is 0. The average Bonchev–Trinajstić information content (AvgIpc) is 1.99. The van der Waals surface area contributed by atoms with Gasteiger partial charge in [0.15, 0.2) is 5.96 Å². The highest BCUT2D eigenvalue weighted by molar-refractivity contribution is 7.84. The van der Waals surface area contributed by atoms with E-state index in [0.717, 1.165) is 0 Å². The highest BCUT2D eigenvalue weighted by Gasteiger charge is 2.04. The lowest BCUT2D eigenvalue weighted by Gasteiger charge is -2.09. The fraction of sp³-hybridized carbons (Fsp3) is 0.833. The molecule has 0 aliphatic rings. The third-order valence-electron chi connectivity index (χ3n) is 1.38. The summed E-state index contributed by atoms with van der Waals surface area (Å²) in [6.07, 6.45) is 1.67. The molecule has 0 aliphatic heterocycles. The van der Waals surface area contributed by atoms with Crippen LogP contribution < -0.4 is 11.1 Å². The Balaban J connectivity index is 3.62. The first-order chi connectivity index (χ1) is 5.07. The Kier molecular flexibility index (Phi) is 4.85. The number of nitrogens with zero attached hydrogens (tertiary/aromatic N) is 1. The van der Waals surface area contributed by atoms with Crippen molar-refractivity contribution in [2.24, 2.45) is 10.7 Å². The molecule has 0 aromatic rings. The van der Waals surface area contributed by atoms with Gasteiger partial charge in [0.25, 0.3) is 0 Å². The van der Waals surface area contributed by atoms with Crippen molar-refractivity contribution in [1.82, 2.24) is 5.32 Å². The molecule has 0 spiro atoms. The number of guanidine groups is 1. The zero-order valence-corrected chi connectivity index (χ0v) is 7.94. The summed E-state index contributed by atoms with van der Waals surface area (Å²) in [4.78, 5) is 3.70. The predicted molar refractivity (Wildman–Crippen MR) is 49.1 cm³/mol. The van der Waals surface area contributed by atoms with Crippen LogP contribution in [0.4, 0.5) is 0 Å². The minimum Gasteiger partial charge on any atom is -0.370 e. The molecule has 0 rings (SSSR count). The van der Waals surface area contributed by atoms with E-state index in [4.69, 9.17) is 5.73 Å². The van der Waals surface area contributed by atoms with Crippen LogP contribution in [0, 0.1) is 0 Å². The molecule has 0 aliphatic carbocycles. The van der Waals surface area contributed by atoms with Gasteiger partial charge in [0.05, 0.1) is 0 Å². The highest BCUT2D eigenvalue weighted by atomic mass is 32.2. The fourth-order valence-corrected chi connectivity index (χ4v) is 0.763. The first-order valence-corrected chi connectivity index (χ1v) is 4.98. The number of nitrogens with two attached hydrogens (primary N) is 1. The molecule has 2 unspecified atom stereocenters. The molecule has 0 aromatic carbocycles. The first-order valence-electron chi connectivity index (χ1n) is 3.36. The Morgan fingerprint density at radius 2 is 2.36 bits per heavy atom. The van der Waals surface area contributed by atoms with Gasteiger partial charge >= 0.3 is 0 Å². The SMILES string of the molecule is CN=C(N)NCC(C)S(C)=O. The van der Waals surface area contributed by atoms with Crippen molar-refractivity contribution in [3.8, 4) is 0 Å². The van der Waals surface area contributed by atoms with Gasteiger partial charge in [-0.25, -0.2) is 0 Å². The van der Waals surface area contributed by atoms with E-state index in [1.54, 1.807) is 13.3 Å². The molecule has 0 bridgehead atoms. The molecule has 3 N–H and O–H groups in total. The average molecular weight is 177 g/mol. The largest absolute Gasteiger partial charge is 0.370 e. The van der Waals surface area contributed by atoms with Crippen LogP contribution in [0.1, 0.15) is 6.92 Å². The van der Waals surface area contributed by atoms with Crippen molar-refractivity contribution in [3.63, 3.8) is 0 Å². The van der Waals surface area contributed by atoms with Crippen LogP contribution in [0.3, 0.4) is 0 Å². The fourth-order valence-electron chi connectivity index (χ4n) is 0.445. The van der Waals surface area contributed by atoms with E-state index in [1.165, 1.54) is 0 Å². The van der Waals surface area contributed by atoms with E-state index in [0.29, 0.717) is 12.5 Å². The summed E-state index contributed by atoms with van der Waals surface area (Å²) in [6.45, 7) is 2.50. The van der Waals surface area contributed by atoms with Crippen LogP contribution in [-0.2, 0) is 10.8 Å². The minimum atomic E-state index is -0.802. The number of nitrogens with one attached hydrogen (secondary N) is 1. The molecule has 0 radical (unpaired) electrons. The van der Waals surface area contributed by atoms with Gasteiger partial charge in [-0.05, 0) is 6.92 Å². The molecule has 0 heterocycles. The van der Waals surface area contributed by atoms with Crippen molar-refractivity contribution in [1.29, 1.82) is 0 Å². The van der Waals surface area contributed by atoms with E-state index >= 15 is 0 Å². The van der Waals surface area contributed by atoms with Gasteiger partial charge in [-0.1, -0.05) is 0 Å². The topological polar surface area (TPSA) is 67.5 Å². The molecule has 0 amide bonds. The zero-order valence-electron chi connectivity index (χ0n) is 7.13. The molecular formula is C6H15N3OS. The van der Waals surface area contributed by atoms with Crippen LogP contribution in [-0.4, -0.2) is 35.3 Å². The number of hydrogen-bond acceptors (Lipinski definition) is 2. The summed E-state index contributed by atoms with van der Waals surface area (Å²) in [7, 11) is 0.805. The van der Waals surface area contributed by atoms with Gasteiger partial charge in [-0.2, -0.15) is 0 Å². The lowest BCUT2D eigenvalue weighted by molar-refractivity contribution is 0.674. The Labute approximate surface area is 69.7 Å². The molecule has 66 valence electrons. The maximum Gasteiger partial charge on any atom is 0.188 e. The molecule has 4 nitrogen and oxygen atoms in total. The van der Waals surface area contributed by atoms with E-state index in [9.17, 15) is 4.21 Å². The highest BCUT2D eigenvalue weighted by Crippen LogP contribution is 1.88. The zero-order chi connectivity index (χ0) is 8.85. The van der Waals surface area contributed by atoms with Gasteiger partial charge in [0.2, 0.25) is 0 Å². The lowest BCUT2D eigenvalue weighted by atomic mass is 10.5. The van der Waals surface area contributed by atoms with E-state index in [1.807, 2.05) is 6.92 Å². The predicted octanol–water partition coefficient (Wildman–Crippen LogP) is -0.712. The summed E-state index contributed by atoms with van der Waals surface area (Å²) in [6, 6.07) is 0. The number of aliphatic imine (C=N–C) groups is 1. The summed E-state index contributed by atoms with van der Waals surface area (Å²) in [5, 5.41) is 2.95. The van der Waals surface area contributed by atoms with E-state index < -0.39 is 10.8 Å². The van der Waals surface area contributed by atoms with Crippen LogP contribution in [0.15, 0.2) is 4.99 Å². The maximum atomic E-state index is 10.8.